The van der Waals surface area contributed by atoms with E-state index >= 15 is 0 Å². The zero-order valence-corrected chi connectivity index (χ0v) is 9.38. The molecule has 0 spiro atoms. The summed E-state index contributed by atoms with van der Waals surface area (Å²) < 4.78 is 5.15. The lowest BCUT2D eigenvalue weighted by molar-refractivity contribution is -0.175. The van der Waals surface area contributed by atoms with Crippen molar-refractivity contribution in [1.29, 1.82) is 0 Å². The SMILES string of the molecule is CCCN1C=CN(C)C1OC(=O)C(C)O. The number of carbonyl (C=O) groups excluding carboxylic acids is 1. The van der Waals surface area contributed by atoms with Crippen LogP contribution in [-0.4, -0.2) is 46.9 Å². The molecule has 5 nitrogen and oxygen atoms in total. The van der Waals surface area contributed by atoms with Crippen molar-refractivity contribution in [2.45, 2.75) is 32.7 Å². The van der Waals surface area contributed by atoms with Crippen molar-refractivity contribution in [2.75, 3.05) is 13.6 Å². The van der Waals surface area contributed by atoms with E-state index in [1.165, 1.54) is 6.92 Å². The molecule has 0 bridgehead atoms. The lowest BCUT2D eigenvalue weighted by atomic mass is 10.4. The van der Waals surface area contributed by atoms with Crippen molar-refractivity contribution in [3.63, 3.8) is 0 Å². The van der Waals surface area contributed by atoms with E-state index in [0.717, 1.165) is 13.0 Å². The summed E-state index contributed by atoms with van der Waals surface area (Å²) in [5, 5.41) is 9.05. The third-order valence-corrected chi connectivity index (χ3v) is 2.17. The molecular weight excluding hydrogens is 196 g/mol. The van der Waals surface area contributed by atoms with E-state index in [1.807, 2.05) is 24.3 Å². The smallest absolute Gasteiger partial charge is 0.337 e. The molecule has 0 aromatic carbocycles. The number of aliphatic hydroxyl groups is 1. The minimum absolute atomic E-state index is 0.424. The molecule has 2 unspecified atom stereocenters. The van der Waals surface area contributed by atoms with E-state index in [2.05, 4.69) is 6.92 Å². The highest BCUT2D eigenvalue weighted by Gasteiger charge is 2.27. The topological polar surface area (TPSA) is 53.0 Å². The Morgan fingerprint density at radius 2 is 2.27 bits per heavy atom. The molecule has 0 fully saturated rings. The molecule has 0 saturated carbocycles. The minimum atomic E-state index is -1.08. The number of nitrogens with zero attached hydrogens (tertiary/aromatic N) is 2. The second-order valence-corrected chi connectivity index (χ2v) is 3.64. The van der Waals surface area contributed by atoms with Gasteiger partial charge < -0.3 is 19.6 Å². The summed E-state index contributed by atoms with van der Waals surface area (Å²) in [6, 6.07) is 0. The van der Waals surface area contributed by atoms with E-state index in [9.17, 15) is 4.79 Å². The van der Waals surface area contributed by atoms with Gasteiger partial charge in [0, 0.05) is 26.0 Å². The number of hydrogen-bond donors (Lipinski definition) is 1. The molecule has 0 amide bonds. The molecular formula is C10H18N2O3. The second-order valence-electron chi connectivity index (χ2n) is 3.64. The van der Waals surface area contributed by atoms with Crippen LogP contribution in [0.3, 0.4) is 0 Å². The Balaban J connectivity index is 2.55. The monoisotopic (exact) mass is 214 g/mol. The van der Waals surface area contributed by atoms with E-state index in [0.29, 0.717) is 0 Å². The highest BCUT2D eigenvalue weighted by atomic mass is 16.6. The van der Waals surface area contributed by atoms with Crippen LogP contribution >= 0.6 is 0 Å². The predicted octanol–water partition coefficient (Wildman–Crippen LogP) is 0.323. The van der Waals surface area contributed by atoms with Crippen molar-refractivity contribution >= 4 is 5.97 Å². The molecule has 86 valence electrons. The van der Waals surface area contributed by atoms with Crippen molar-refractivity contribution < 1.29 is 14.6 Å². The van der Waals surface area contributed by atoms with Crippen molar-refractivity contribution in [2.24, 2.45) is 0 Å². The third-order valence-electron chi connectivity index (χ3n) is 2.17. The van der Waals surface area contributed by atoms with Gasteiger partial charge in [0.1, 0.15) is 6.10 Å². The van der Waals surface area contributed by atoms with Gasteiger partial charge in [0.2, 0.25) is 0 Å². The summed E-state index contributed by atoms with van der Waals surface area (Å²) in [5.41, 5.74) is 0. The van der Waals surface area contributed by atoms with Crippen molar-refractivity contribution in [1.82, 2.24) is 9.80 Å². The van der Waals surface area contributed by atoms with Gasteiger partial charge in [0.15, 0.2) is 0 Å². The molecule has 1 rings (SSSR count). The van der Waals surface area contributed by atoms with Crippen LogP contribution in [0.5, 0.6) is 0 Å². The lowest BCUT2D eigenvalue weighted by Crippen LogP contribution is -2.42. The first-order chi connectivity index (χ1) is 7.06. The Hall–Kier alpha value is -1.23. The summed E-state index contributed by atoms with van der Waals surface area (Å²) in [6.07, 6.45) is 3.19. The average Bonchev–Trinajstić information content (AvgIpc) is 2.50. The van der Waals surface area contributed by atoms with Crippen LogP contribution in [0.4, 0.5) is 0 Å². The summed E-state index contributed by atoms with van der Waals surface area (Å²) in [7, 11) is 1.83. The fourth-order valence-electron chi connectivity index (χ4n) is 1.37. The summed E-state index contributed by atoms with van der Waals surface area (Å²) in [6.45, 7) is 4.27. The molecule has 0 saturated heterocycles. The molecule has 15 heavy (non-hydrogen) atoms. The fraction of sp³-hybridized carbons (Fsp3) is 0.700. The molecule has 0 aromatic rings. The first kappa shape index (κ1) is 11.8. The van der Waals surface area contributed by atoms with Crippen LogP contribution in [0.25, 0.3) is 0 Å². The summed E-state index contributed by atoms with van der Waals surface area (Å²) in [5.74, 6) is -0.600. The molecule has 5 heteroatoms. The number of hydrogen-bond acceptors (Lipinski definition) is 5. The van der Waals surface area contributed by atoms with Crippen LogP contribution in [0.2, 0.25) is 0 Å². The summed E-state index contributed by atoms with van der Waals surface area (Å²) >= 11 is 0. The quantitative estimate of drug-likeness (QED) is 0.683. The Bertz CT molecular complexity index is 253. The normalized spacial score (nSPS) is 22.0. The van der Waals surface area contributed by atoms with E-state index < -0.39 is 18.4 Å². The van der Waals surface area contributed by atoms with Gasteiger partial charge in [-0.2, -0.15) is 0 Å². The van der Waals surface area contributed by atoms with Gasteiger partial charge in [-0.05, 0) is 13.3 Å². The fourth-order valence-corrected chi connectivity index (χ4v) is 1.37. The van der Waals surface area contributed by atoms with Crippen LogP contribution in [-0.2, 0) is 9.53 Å². The van der Waals surface area contributed by atoms with Gasteiger partial charge in [-0.1, -0.05) is 6.92 Å². The zero-order valence-electron chi connectivity index (χ0n) is 9.38. The van der Waals surface area contributed by atoms with Gasteiger partial charge in [-0.3, -0.25) is 0 Å². The molecule has 2 atom stereocenters. The lowest BCUT2D eigenvalue weighted by Gasteiger charge is -2.29. The van der Waals surface area contributed by atoms with E-state index in [1.54, 1.807) is 4.90 Å². The second kappa shape index (κ2) is 5.02. The van der Waals surface area contributed by atoms with Gasteiger partial charge in [-0.15, -0.1) is 0 Å². The molecule has 0 aliphatic carbocycles. The van der Waals surface area contributed by atoms with E-state index in [-0.39, 0.29) is 0 Å². The number of ether oxygens (including phenoxy) is 1. The largest absolute Gasteiger partial charge is 0.420 e. The predicted molar refractivity (Wildman–Crippen MR) is 55.5 cm³/mol. The van der Waals surface area contributed by atoms with Crippen LogP contribution in [0, 0.1) is 0 Å². The Morgan fingerprint density at radius 3 is 2.80 bits per heavy atom. The van der Waals surface area contributed by atoms with Crippen LogP contribution < -0.4 is 0 Å². The van der Waals surface area contributed by atoms with Crippen molar-refractivity contribution in [3.05, 3.63) is 12.4 Å². The molecule has 0 aromatic heterocycles. The third kappa shape index (κ3) is 2.86. The van der Waals surface area contributed by atoms with Crippen LogP contribution in [0.15, 0.2) is 12.4 Å². The Kier molecular flexibility index (Phi) is 3.96. The Labute approximate surface area is 89.9 Å². The number of carbonyl (C=O) groups is 1. The summed E-state index contributed by atoms with van der Waals surface area (Å²) in [4.78, 5) is 14.9. The first-order valence-corrected chi connectivity index (χ1v) is 5.10. The maximum atomic E-state index is 11.2. The van der Waals surface area contributed by atoms with Crippen molar-refractivity contribution in [3.8, 4) is 0 Å². The number of aliphatic hydroxyl groups excluding tert-OH is 1. The molecule has 0 radical (unpaired) electrons. The van der Waals surface area contributed by atoms with Gasteiger partial charge in [-0.25, -0.2) is 4.79 Å². The maximum Gasteiger partial charge on any atom is 0.337 e. The average molecular weight is 214 g/mol. The van der Waals surface area contributed by atoms with Gasteiger partial charge in [0.25, 0.3) is 6.35 Å². The molecule has 1 aliphatic heterocycles. The minimum Gasteiger partial charge on any atom is -0.420 e. The molecule has 1 aliphatic rings. The Morgan fingerprint density at radius 1 is 1.60 bits per heavy atom. The highest BCUT2D eigenvalue weighted by Crippen LogP contribution is 2.15. The maximum absolute atomic E-state index is 11.2. The van der Waals surface area contributed by atoms with Crippen LogP contribution in [0.1, 0.15) is 20.3 Å². The van der Waals surface area contributed by atoms with Gasteiger partial charge >= 0.3 is 5.97 Å². The molecule has 1 N–H and O–H groups in total. The zero-order chi connectivity index (χ0) is 11.4. The van der Waals surface area contributed by atoms with Gasteiger partial charge in [0.05, 0.1) is 0 Å². The number of rotatable bonds is 4. The standard InChI is InChI=1S/C10H18N2O3/c1-4-5-12-7-6-11(3)10(12)15-9(14)8(2)13/h6-8,10,13H,4-5H2,1-3H3. The highest BCUT2D eigenvalue weighted by molar-refractivity contribution is 5.73. The first-order valence-electron chi connectivity index (χ1n) is 5.10. The number of esters is 1. The van der Waals surface area contributed by atoms with E-state index in [4.69, 9.17) is 9.84 Å². The molecule has 1 heterocycles.